The van der Waals surface area contributed by atoms with Crippen LogP contribution in [0.1, 0.15) is 25.5 Å². The van der Waals surface area contributed by atoms with Crippen LogP contribution < -0.4 is 5.32 Å². The fourth-order valence-electron chi connectivity index (χ4n) is 2.34. The molecule has 1 heterocycles. The summed E-state index contributed by atoms with van der Waals surface area (Å²) in [6.07, 6.45) is 4.67. The number of hydrogen-bond acceptors (Lipinski definition) is 3. The lowest BCUT2D eigenvalue weighted by molar-refractivity contribution is 0.465. The van der Waals surface area contributed by atoms with E-state index in [1.165, 1.54) is 12.1 Å². The van der Waals surface area contributed by atoms with Gasteiger partial charge in [0.1, 0.15) is 12.1 Å². The normalized spacial score (nSPS) is 11.6. The number of unbranched alkanes of at least 4 members (excludes halogenated alkanes) is 1. The Kier molecular flexibility index (Phi) is 6.78. The molecule has 1 N–H and O–H groups in total. The first-order valence-corrected chi connectivity index (χ1v) is 8.26. The van der Waals surface area contributed by atoms with Crippen molar-refractivity contribution < 1.29 is 8.81 Å². The Morgan fingerprint density at radius 3 is 2.75 bits per heavy atom. The summed E-state index contributed by atoms with van der Waals surface area (Å²) in [5, 5.41) is 3.33. The van der Waals surface area contributed by atoms with Crippen LogP contribution in [0.3, 0.4) is 0 Å². The molecule has 0 saturated carbocycles. The highest BCUT2D eigenvalue weighted by atomic mass is 19.1. The number of aliphatic imine (C=N–C) groups is 1. The van der Waals surface area contributed by atoms with Crippen LogP contribution in [0.25, 0.3) is 11.5 Å². The van der Waals surface area contributed by atoms with Crippen molar-refractivity contribution >= 4 is 5.96 Å². The molecular weight excluding hydrogens is 307 g/mol. The summed E-state index contributed by atoms with van der Waals surface area (Å²) in [7, 11) is 3.82. The molecule has 5 nitrogen and oxygen atoms in total. The van der Waals surface area contributed by atoms with Crippen LogP contribution in [-0.2, 0) is 6.42 Å². The minimum atomic E-state index is -0.270. The van der Waals surface area contributed by atoms with E-state index < -0.39 is 0 Å². The maximum absolute atomic E-state index is 13.0. The van der Waals surface area contributed by atoms with Gasteiger partial charge >= 0.3 is 0 Å². The molecule has 0 fully saturated rings. The fraction of sp³-hybridized carbons (Fsp3) is 0.444. The van der Waals surface area contributed by atoms with Gasteiger partial charge < -0.3 is 14.6 Å². The predicted octanol–water partition coefficient (Wildman–Crippen LogP) is 3.33. The lowest BCUT2D eigenvalue weighted by Gasteiger charge is -2.21. The van der Waals surface area contributed by atoms with Crippen molar-refractivity contribution in [3.8, 4) is 11.5 Å². The van der Waals surface area contributed by atoms with E-state index in [4.69, 9.17) is 4.42 Å². The van der Waals surface area contributed by atoms with E-state index in [-0.39, 0.29) is 5.82 Å². The van der Waals surface area contributed by atoms with Crippen molar-refractivity contribution in [3.05, 3.63) is 42.0 Å². The van der Waals surface area contributed by atoms with Crippen LogP contribution in [0, 0.1) is 5.82 Å². The van der Waals surface area contributed by atoms with Gasteiger partial charge in [-0.3, -0.25) is 4.99 Å². The highest BCUT2D eigenvalue weighted by Crippen LogP contribution is 2.18. The van der Waals surface area contributed by atoms with Gasteiger partial charge in [-0.25, -0.2) is 9.37 Å². The minimum absolute atomic E-state index is 0.270. The molecule has 0 amide bonds. The number of halogens is 1. The van der Waals surface area contributed by atoms with E-state index in [1.807, 2.05) is 7.05 Å². The molecule has 24 heavy (non-hydrogen) atoms. The third kappa shape index (κ3) is 5.08. The molecule has 0 aliphatic heterocycles. The van der Waals surface area contributed by atoms with E-state index >= 15 is 0 Å². The molecule has 0 aliphatic rings. The van der Waals surface area contributed by atoms with Crippen molar-refractivity contribution in [2.75, 3.05) is 27.2 Å². The van der Waals surface area contributed by atoms with Crippen LogP contribution in [-0.4, -0.2) is 43.0 Å². The Balaban J connectivity index is 1.85. The average molecular weight is 332 g/mol. The van der Waals surface area contributed by atoms with Gasteiger partial charge in [0.25, 0.3) is 0 Å². The molecule has 6 heteroatoms. The van der Waals surface area contributed by atoms with Crippen molar-refractivity contribution in [1.29, 1.82) is 0 Å². The molecule has 0 saturated heterocycles. The highest BCUT2D eigenvalue weighted by Gasteiger charge is 2.08. The number of rotatable bonds is 7. The van der Waals surface area contributed by atoms with E-state index in [0.717, 1.165) is 49.6 Å². The lowest BCUT2D eigenvalue weighted by atomic mass is 10.2. The molecule has 0 bridgehead atoms. The summed E-state index contributed by atoms with van der Waals surface area (Å²) in [4.78, 5) is 10.9. The predicted molar refractivity (Wildman–Crippen MR) is 94.5 cm³/mol. The highest BCUT2D eigenvalue weighted by molar-refractivity contribution is 5.79. The smallest absolute Gasteiger partial charge is 0.226 e. The number of nitrogens with one attached hydrogen (secondary N) is 1. The Bertz CT molecular complexity index is 651. The summed E-state index contributed by atoms with van der Waals surface area (Å²) >= 11 is 0. The first-order valence-electron chi connectivity index (χ1n) is 8.26. The third-order valence-electron chi connectivity index (χ3n) is 3.73. The van der Waals surface area contributed by atoms with Gasteiger partial charge in [0.05, 0.1) is 5.69 Å². The summed E-state index contributed by atoms with van der Waals surface area (Å²) in [5.41, 5.74) is 1.62. The van der Waals surface area contributed by atoms with Gasteiger partial charge in [0, 0.05) is 39.2 Å². The Labute approximate surface area is 142 Å². The van der Waals surface area contributed by atoms with Gasteiger partial charge in [0.15, 0.2) is 5.96 Å². The van der Waals surface area contributed by atoms with E-state index in [2.05, 4.69) is 27.1 Å². The summed E-state index contributed by atoms with van der Waals surface area (Å²) < 4.78 is 18.4. The maximum atomic E-state index is 13.0. The number of guanidine groups is 1. The molecule has 2 aromatic rings. The van der Waals surface area contributed by atoms with Crippen LogP contribution in [0.4, 0.5) is 4.39 Å². The zero-order valence-corrected chi connectivity index (χ0v) is 14.6. The Morgan fingerprint density at radius 1 is 1.33 bits per heavy atom. The number of oxazole rings is 1. The van der Waals surface area contributed by atoms with Crippen LogP contribution >= 0.6 is 0 Å². The summed E-state index contributed by atoms with van der Waals surface area (Å²) in [6, 6.07) is 6.12. The third-order valence-corrected chi connectivity index (χ3v) is 3.73. The number of aromatic nitrogens is 1. The zero-order chi connectivity index (χ0) is 17.4. The molecule has 0 atom stereocenters. The maximum Gasteiger partial charge on any atom is 0.226 e. The lowest BCUT2D eigenvalue weighted by Crippen LogP contribution is -2.40. The SMILES string of the molecule is CCCCN(C)C(=NC)NCCc1coc(-c2ccc(F)cc2)n1. The zero-order valence-electron chi connectivity index (χ0n) is 14.6. The van der Waals surface area contributed by atoms with Crippen molar-refractivity contribution in [2.45, 2.75) is 26.2 Å². The quantitative estimate of drug-likeness (QED) is 0.624. The molecule has 0 radical (unpaired) electrons. The topological polar surface area (TPSA) is 53.7 Å². The van der Waals surface area contributed by atoms with Gasteiger partial charge in [-0.2, -0.15) is 0 Å². The Hall–Kier alpha value is -2.37. The van der Waals surface area contributed by atoms with Crippen molar-refractivity contribution in [1.82, 2.24) is 15.2 Å². The van der Waals surface area contributed by atoms with Crippen LogP contribution in [0.2, 0.25) is 0 Å². The molecule has 2 rings (SSSR count). The van der Waals surface area contributed by atoms with Crippen LogP contribution in [0.5, 0.6) is 0 Å². The minimum Gasteiger partial charge on any atom is -0.444 e. The first-order chi connectivity index (χ1) is 11.6. The van der Waals surface area contributed by atoms with Gasteiger partial charge in [-0.15, -0.1) is 0 Å². The Morgan fingerprint density at radius 2 is 2.08 bits per heavy atom. The summed E-state index contributed by atoms with van der Waals surface area (Å²) in [5.74, 6) is 1.12. The molecular formula is C18H25FN4O. The first kappa shape index (κ1) is 18.0. The number of benzene rings is 1. The van der Waals surface area contributed by atoms with E-state index in [1.54, 1.807) is 25.4 Å². The second-order valence-electron chi connectivity index (χ2n) is 5.65. The van der Waals surface area contributed by atoms with Gasteiger partial charge in [-0.1, -0.05) is 13.3 Å². The molecule has 0 spiro atoms. The fourth-order valence-corrected chi connectivity index (χ4v) is 2.34. The monoisotopic (exact) mass is 332 g/mol. The van der Waals surface area contributed by atoms with Gasteiger partial charge in [0.2, 0.25) is 5.89 Å². The number of nitrogens with zero attached hydrogens (tertiary/aromatic N) is 3. The average Bonchev–Trinajstić information content (AvgIpc) is 3.06. The van der Waals surface area contributed by atoms with Crippen molar-refractivity contribution in [3.63, 3.8) is 0 Å². The van der Waals surface area contributed by atoms with E-state index in [0.29, 0.717) is 5.89 Å². The molecule has 0 aliphatic carbocycles. The second-order valence-corrected chi connectivity index (χ2v) is 5.65. The molecule has 1 aromatic carbocycles. The largest absolute Gasteiger partial charge is 0.444 e. The molecule has 1 aromatic heterocycles. The number of hydrogen-bond donors (Lipinski definition) is 1. The van der Waals surface area contributed by atoms with Gasteiger partial charge in [-0.05, 0) is 30.7 Å². The standard InChI is InChI=1S/C18H25FN4O/c1-4-5-12-23(3)18(20-2)21-11-10-16-13-24-17(22-16)14-6-8-15(19)9-7-14/h6-9,13H,4-5,10-12H2,1-3H3,(H,20,21). The molecule has 0 unspecified atom stereocenters. The van der Waals surface area contributed by atoms with Crippen molar-refractivity contribution in [2.24, 2.45) is 4.99 Å². The molecule has 130 valence electrons. The second kappa shape index (κ2) is 9.05. The van der Waals surface area contributed by atoms with E-state index in [9.17, 15) is 4.39 Å². The summed E-state index contributed by atoms with van der Waals surface area (Å²) in [6.45, 7) is 3.88. The van der Waals surface area contributed by atoms with Crippen LogP contribution in [0.15, 0.2) is 39.9 Å².